The number of rotatable bonds is 4. The van der Waals surface area contributed by atoms with Crippen molar-refractivity contribution in [2.45, 2.75) is 4.90 Å². The first-order valence-corrected chi connectivity index (χ1v) is 9.51. The summed E-state index contributed by atoms with van der Waals surface area (Å²) in [5, 5.41) is 0.577. The molecule has 3 nitrogen and oxygen atoms in total. The summed E-state index contributed by atoms with van der Waals surface area (Å²) in [6.45, 7) is 0. The molecule has 0 unspecified atom stereocenters. The zero-order chi connectivity index (χ0) is 18.8. The molecule has 27 heavy (non-hydrogen) atoms. The van der Waals surface area contributed by atoms with Gasteiger partial charge in [-0.1, -0.05) is 71.9 Å². The number of imide groups is 1. The predicted molar refractivity (Wildman–Crippen MR) is 110 cm³/mol. The van der Waals surface area contributed by atoms with E-state index in [1.54, 1.807) is 48.5 Å². The van der Waals surface area contributed by atoms with Gasteiger partial charge in [-0.25, -0.2) is 4.90 Å². The highest BCUT2D eigenvalue weighted by atomic mass is 35.5. The molecule has 1 aliphatic heterocycles. The second-order valence-electron chi connectivity index (χ2n) is 5.91. The number of carbonyl (C=O) groups excluding carboxylic acids is 2. The number of halogens is 1. The number of nitrogens with zero attached hydrogens (tertiary/aromatic N) is 1. The first kappa shape index (κ1) is 17.6. The molecule has 0 aromatic heterocycles. The fourth-order valence-electron chi connectivity index (χ4n) is 2.89. The van der Waals surface area contributed by atoms with Crippen LogP contribution in [0.25, 0.3) is 5.57 Å². The maximum Gasteiger partial charge on any atom is 0.272 e. The van der Waals surface area contributed by atoms with E-state index >= 15 is 0 Å². The third kappa shape index (κ3) is 3.42. The summed E-state index contributed by atoms with van der Waals surface area (Å²) < 4.78 is 0. The number of para-hydroxylation sites is 1. The first-order chi connectivity index (χ1) is 13.1. The molecule has 1 aliphatic rings. The molecule has 0 N–H and O–H groups in total. The summed E-state index contributed by atoms with van der Waals surface area (Å²) in [6.07, 6.45) is 0. The van der Waals surface area contributed by atoms with Crippen LogP contribution >= 0.6 is 23.4 Å². The monoisotopic (exact) mass is 391 g/mol. The van der Waals surface area contributed by atoms with E-state index in [2.05, 4.69) is 0 Å². The van der Waals surface area contributed by atoms with Gasteiger partial charge in [0, 0.05) is 9.92 Å². The summed E-state index contributed by atoms with van der Waals surface area (Å²) in [5.41, 5.74) is 1.63. The van der Waals surface area contributed by atoms with Gasteiger partial charge >= 0.3 is 0 Å². The lowest BCUT2D eigenvalue weighted by Gasteiger charge is -2.14. The van der Waals surface area contributed by atoms with E-state index in [1.165, 1.54) is 16.7 Å². The minimum absolute atomic E-state index is 0.315. The summed E-state index contributed by atoms with van der Waals surface area (Å²) in [6, 6.07) is 25.5. The number of hydrogen-bond acceptors (Lipinski definition) is 3. The van der Waals surface area contributed by atoms with Gasteiger partial charge in [0.2, 0.25) is 0 Å². The average Bonchev–Trinajstić information content (AvgIpc) is 2.94. The van der Waals surface area contributed by atoms with Crippen molar-refractivity contribution in [1.82, 2.24) is 0 Å². The van der Waals surface area contributed by atoms with Crippen LogP contribution < -0.4 is 4.90 Å². The number of carbonyl (C=O) groups is 2. The Kier molecular flexibility index (Phi) is 4.84. The fourth-order valence-corrected chi connectivity index (χ4v) is 4.03. The number of thioether (sulfide) groups is 1. The summed E-state index contributed by atoms with van der Waals surface area (Å²) >= 11 is 7.29. The Morgan fingerprint density at radius 3 is 1.93 bits per heavy atom. The van der Waals surface area contributed by atoms with Crippen molar-refractivity contribution in [1.29, 1.82) is 0 Å². The Balaban J connectivity index is 1.83. The van der Waals surface area contributed by atoms with Gasteiger partial charge in [0.15, 0.2) is 0 Å². The van der Waals surface area contributed by atoms with Gasteiger partial charge in [-0.3, -0.25) is 9.59 Å². The number of amides is 2. The maximum absolute atomic E-state index is 13.2. The van der Waals surface area contributed by atoms with Crippen molar-refractivity contribution < 1.29 is 9.59 Å². The molecule has 0 atom stereocenters. The molecule has 0 spiro atoms. The normalized spacial score (nSPS) is 14.2. The lowest BCUT2D eigenvalue weighted by atomic mass is 10.1. The second kappa shape index (κ2) is 7.43. The molecular formula is C22H14ClNO2S. The van der Waals surface area contributed by atoms with Crippen LogP contribution in [0.2, 0.25) is 5.02 Å². The van der Waals surface area contributed by atoms with Crippen molar-refractivity contribution in [3.63, 3.8) is 0 Å². The van der Waals surface area contributed by atoms with Crippen molar-refractivity contribution in [3.05, 3.63) is 100 Å². The molecule has 0 saturated carbocycles. The third-order valence-corrected chi connectivity index (χ3v) is 5.49. The van der Waals surface area contributed by atoms with Gasteiger partial charge in [-0.2, -0.15) is 0 Å². The van der Waals surface area contributed by atoms with Crippen LogP contribution in [0, 0.1) is 0 Å². The standard InChI is InChI=1S/C22H14ClNO2S/c23-16-13-11-15(12-14-16)19-20(27-18-9-5-2-6-10-18)22(26)24(21(19)25)17-7-3-1-4-8-17/h1-14H. The fraction of sp³-hybridized carbons (Fsp3) is 0. The molecule has 0 saturated heterocycles. The zero-order valence-electron chi connectivity index (χ0n) is 14.1. The number of hydrogen-bond donors (Lipinski definition) is 0. The van der Waals surface area contributed by atoms with Crippen LogP contribution in [0.4, 0.5) is 5.69 Å². The van der Waals surface area contributed by atoms with Crippen molar-refractivity contribution in [2.24, 2.45) is 0 Å². The van der Waals surface area contributed by atoms with Crippen LogP contribution in [0.1, 0.15) is 5.56 Å². The molecule has 3 aromatic rings. The molecule has 0 bridgehead atoms. The van der Waals surface area contributed by atoms with E-state index in [0.717, 1.165) is 4.90 Å². The molecule has 2 amide bonds. The molecule has 0 fully saturated rings. The van der Waals surface area contributed by atoms with E-state index in [0.29, 0.717) is 26.8 Å². The largest absolute Gasteiger partial charge is 0.272 e. The van der Waals surface area contributed by atoms with Gasteiger partial charge < -0.3 is 0 Å². The van der Waals surface area contributed by atoms with Gasteiger partial charge in [0.05, 0.1) is 16.2 Å². The Morgan fingerprint density at radius 2 is 1.30 bits per heavy atom. The van der Waals surface area contributed by atoms with Crippen LogP contribution in [0.5, 0.6) is 0 Å². The van der Waals surface area contributed by atoms with Crippen LogP contribution in [-0.4, -0.2) is 11.8 Å². The zero-order valence-corrected chi connectivity index (χ0v) is 15.7. The van der Waals surface area contributed by atoms with E-state index in [1.807, 2.05) is 36.4 Å². The summed E-state index contributed by atoms with van der Waals surface area (Å²) in [7, 11) is 0. The minimum atomic E-state index is -0.327. The van der Waals surface area contributed by atoms with E-state index in [9.17, 15) is 9.59 Å². The Bertz CT molecular complexity index is 1030. The lowest BCUT2D eigenvalue weighted by molar-refractivity contribution is -0.119. The molecule has 1 heterocycles. The highest BCUT2D eigenvalue weighted by molar-refractivity contribution is 8.04. The smallest absolute Gasteiger partial charge is 0.268 e. The molecular weight excluding hydrogens is 378 g/mol. The minimum Gasteiger partial charge on any atom is -0.268 e. The van der Waals surface area contributed by atoms with Crippen LogP contribution in [0.3, 0.4) is 0 Å². The molecule has 5 heteroatoms. The van der Waals surface area contributed by atoms with E-state index in [4.69, 9.17) is 11.6 Å². The maximum atomic E-state index is 13.2. The molecule has 132 valence electrons. The van der Waals surface area contributed by atoms with Gasteiger partial charge in [0.25, 0.3) is 11.8 Å². The predicted octanol–water partition coefficient (Wildman–Crippen LogP) is 5.42. The van der Waals surface area contributed by atoms with Gasteiger partial charge in [-0.15, -0.1) is 0 Å². The Hall–Kier alpha value is -2.82. The second-order valence-corrected chi connectivity index (χ2v) is 7.43. The highest BCUT2D eigenvalue weighted by Gasteiger charge is 2.40. The van der Waals surface area contributed by atoms with Gasteiger partial charge in [0.1, 0.15) is 0 Å². The lowest BCUT2D eigenvalue weighted by Crippen LogP contribution is -2.31. The van der Waals surface area contributed by atoms with Crippen molar-refractivity contribution >= 4 is 46.4 Å². The topological polar surface area (TPSA) is 37.4 Å². The Morgan fingerprint density at radius 1 is 0.704 bits per heavy atom. The molecule has 3 aromatic carbocycles. The first-order valence-electron chi connectivity index (χ1n) is 8.32. The SMILES string of the molecule is O=C1C(Sc2ccccc2)=C(c2ccc(Cl)cc2)C(=O)N1c1ccccc1. The van der Waals surface area contributed by atoms with Crippen LogP contribution in [-0.2, 0) is 9.59 Å². The van der Waals surface area contributed by atoms with E-state index in [-0.39, 0.29) is 11.8 Å². The molecule has 4 rings (SSSR count). The quantitative estimate of drug-likeness (QED) is 0.557. The van der Waals surface area contributed by atoms with Crippen molar-refractivity contribution in [3.8, 4) is 0 Å². The van der Waals surface area contributed by atoms with Crippen LogP contribution in [0.15, 0.2) is 94.7 Å². The van der Waals surface area contributed by atoms with Gasteiger partial charge in [-0.05, 0) is 42.0 Å². The summed E-state index contributed by atoms with van der Waals surface area (Å²) in [5.74, 6) is -0.642. The summed E-state index contributed by atoms with van der Waals surface area (Å²) in [4.78, 5) is 28.9. The third-order valence-electron chi connectivity index (χ3n) is 4.15. The molecule has 0 aliphatic carbocycles. The Labute approximate surface area is 166 Å². The molecule has 0 radical (unpaired) electrons. The average molecular weight is 392 g/mol. The highest BCUT2D eigenvalue weighted by Crippen LogP contribution is 2.41. The number of anilines is 1. The van der Waals surface area contributed by atoms with E-state index < -0.39 is 0 Å². The van der Waals surface area contributed by atoms with Crippen molar-refractivity contribution in [2.75, 3.05) is 4.90 Å². The number of benzene rings is 3.